The van der Waals surface area contributed by atoms with Crippen LogP contribution in [0.15, 0.2) is 97.3 Å². The van der Waals surface area contributed by atoms with Gasteiger partial charge in [0.05, 0.1) is 50.9 Å². The second kappa shape index (κ2) is 27.7. The minimum Gasteiger partial charge on any atom is -0.497 e. The van der Waals surface area contributed by atoms with E-state index in [0.29, 0.717) is 53.4 Å². The van der Waals surface area contributed by atoms with Gasteiger partial charge in [-0.05, 0) is 127 Å². The first kappa shape index (κ1) is 69.9. The molecule has 4 aliphatic rings. The highest BCUT2D eigenvalue weighted by Crippen LogP contribution is 2.49. The SMILES string of the molecule is COc1ccc(C2=CN3C(=O)c4cc(OC)ccc4N(C(=O)OCC(Cl)(Cl)Cl)[C@@H](O[Si](C)(C)C(C)(C)C)[C@@H]3C2OCCCCCOC2C(c3ccc(OC)cc3)=CN3C(=O)c4cc(OC)ccc4N(C(=O)OCC(Cl)(Cl)Cl)[C@@H](O[Si](C)(C)C(C)(C)C)[C@H]23)cc1. The lowest BCUT2D eigenvalue weighted by Crippen LogP contribution is -2.61. The Morgan fingerprint density at radius 2 is 0.809 bits per heavy atom. The molecule has 0 aliphatic carbocycles. The van der Waals surface area contributed by atoms with Gasteiger partial charge in [-0.15, -0.1) is 0 Å². The molecule has 4 aliphatic heterocycles. The molecule has 4 heterocycles. The molecule has 0 saturated heterocycles. The van der Waals surface area contributed by atoms with Crippen LogP contribution in [0.3, 0.4) is 0 Å². The highest BCUT2D eigenvalue weighted by atomic mass is 35.6. The van der Waals surface area contributed by atoms with Crippen LogP contribution in [-0.4, -0.2) is 150 Å². The molecule has 8 rings (SSSR count). The number of hydrogen-bond donors (Lipinski definition) is 0. The molecule has 89 heavy (non-hydrogen) atoms. The second-order valence-corrected chi connectivity index (χ2v) is 39.6. The van der Waals surface area contributed by atoms with Crippen molar-refractivity contribution in [3.05, 3.63) is 120 Å². The Hall–Kier alpha value is -4.95. The maximum Gasteiger partial charge on any atom is 0.416 e. The van der Waals surface area contributed by atoms with E-state index in [9.17, 15) is 9.59 Å². The monoisotopic (exact) mass is 1380 g/mol. The lowest BCUT2D eigenvalue weighted by Gasteiger charge is -2.45. The van der Waals surface area contributed by atoms with E-state index in [-0.39, 0.29) is 35.7 Å². The van der Waals surface area contributed by atoms with Crippen molar-refractivity contribution in [3.63, 3.8) is 0 Å². The number of fused-ring (bicyclic) bond motifs is 4. The molecular weight excluding hydrogens is 1310 g/mol. The predicted molar refractivity (Wildman–Crippen MR) is 354 cm³/mol. The number of anilines is 2. The maximum absolute atomic E-state index is 15.3. The summed E-state index contributed by atoms with van der Waals surface area (Å²) in [6, 6.07) is 22.5. The van der Waals surface area contributed by atoms with Gasteiger partial charge in [-0.1, -0.05) is 135 Å². The van der Waals surface area contributed by atoms with Gasteiger partial charge >= 0.3 is 12.2 Å². The summed E-state index contributed by atoms with van der Waals surface area (Å²) in [7, 11) is 0.351. The molecule has 0 N–H and O–H groups in total. The lowest BCUT2D eigenvalue weighted by atomic mass is 9.97. The van der Waals surface area contributed by atoms with E-state index in [1.54, 1.807) is 72.8 Å². The van der Waals surface area contributed by atoms with E-state index < -0.39 is 108 Å². The van der Waals surface area contributed by atoms with Crippen LogP contribution < -0.4 is 28.7 Å². The van der Waals surface area contributed by atoms with Gasteiger partial charge in [-0.3, -0.25) is 9.59 Å². The van der Waals surface area contributed by atoms with Gasteiger partial charge in [-0.25, -0.2) is 19.4 Å². The van der Waals surface area contributed by atoms with Gasteiger partial charge < -0.3 is 56.5 Å². The van der Waals surface area contributed by atoms with Gasteiger partial charge in [-0.2, -0.15) is 0 Å². The standard InChI is InChI=1S/C63H78Cl6N4O14Si2/c1-60(2,3)88(11,12)86-56-50-52(46(38-18-22-40(78-7)23-19-38)34-70(50)54(74)44-32-42(80-9)26-28-48(44)72(56)58(76)84-36-62(64,65)66)82-30-16-15-17-31-83-53-47(39-20-24-41(79-8)25-21-39)35-71-51(53)57(87-89(13,14)61(4,5)6)73(59(77)85-37-63(67,68)69)49-29-27-43(81-10)33-45(49)55(71)75/h18-29,32-35,50-53,56-57H,15-17,30-31,36-37H2,1-14H3/t50-,51-,52?,53?,56-,57-/m0/s1. The Bertz CT molecular complexity index is 3080. The van der Waals surface area contributed by atoms with Crippen LogP contribution in [0.1, 0.15) is 92.6 Å². The third kappa shape index (κ3) is 15.6. The fourth-order valence-electron chi connectivity index (χ4n) is 10.4. The highest BCUT2D eigenvalue weighted by molar-refractivity contribution is 6.74. The summed E-state index contributed by atoms with van der Waals surface area (Å²) >= 11 is 37.1. The van der Waals surface area contributed by atoms with Crippen LogP contribution in [0.5, 0.6) is 23.0 Å². The number of methoxy groups -OCH3 is 4. The van der Waals surface area contributed by atoms with Crippen molar-refractivity contribution in [1.29, 1.82) is 0 Å². The molecule has 18 nitrogen and oxygen atoms in total. The molecule has 0 spiro atoms. The number of carbonyl (C=O) groups is 4. The summed E-state index contributed by atoms with van der Waals surface area (Å²) in [5.41, 5.74) is 3.39. The number of ether oxygens (including phenoxy) is 8. The second-order valence-electron chi connectivity index (χ2n) is 25.1. The van der Waals surface area contributed by atoms with Crippen molar-refractivity contribution < 1.29 is 65.9 Å². The zero-order valence-corrected chi connectivity index (χ0v) is 59.0. The summed E-state index contributed by atoms with van der Waals surface area (Å²) in [5, 5.41) is -0.784. The number of unbranched alkanes of at least 4 members (excludes halogenated alkanes) is 2. The molecule has 0 radical (unpaired) electrons. The molecule has 484 valence electrons. The minimum absolute atomic E-state index is 0.131. The molecule has 26 heteroatoms. The van der Waals surface area contributed by atoms with E-state index in [0.717, 1.165) is 11.1 Å². The Labute approximate surface area is 553 Å². The Balaban J connectivity index is 1.14. The smallest absolute Gasteiger partial charge is 0.416 e. The predicted octanol–water partition coefficient (Wildman–Crippen LogP) is 15.4. The number of nitrogens with zero attached hydrogens (tertiary/aromatic N) is 4. The Morgan fingerprint density at radius 3 is 1.11 bits per heavy atom. The van der Waals surface area contributed by atoms with Crippen LogP contribution in [-0.2, 0) is 27.8 Å². The Morgan fingerprint density at radius 1 is 0.483 bits per heavy atom. The molecule has 4 amide bonds. The van der Waals surface area contributed by atoms with Crippen LogP contribution in [0.25, 0.3) is 11.1 Å². The largest absolute Gasteiger partial charge is 0.497 e. The van der Waals surface area contributed by atoms with E-state index in [1.807, 2.05) is 48.5 Å². The van der Waals surface area contributed by atoms with Crippen molar-refractivity contribution in [1.82, 2.24) is 9.80 Å². The number of rotatable bonds is 20. The first-order valence-corrected chi connectivity index (χ1v) is 37.1. The van der Waals surface area contributed by atoms with Crippen molar-refractivity contribution in [3.8, 4) is 23.0 Å². The summed E-state index contributed by atoms with van der Waals surface area (Å²) in [6.07, 6.45) is -1.02. The fourth-order valence-corrected chi connectivity index (χ4v) is 13.1. The maximum atomic E-state index is 15.3. The number of amides is 4. The first-order chi connectivity index (χ1) is 41.6. The van der Waals surface area contributed by atoms with Crippen molar-refractivity contribution in [2.75, 3.05) is 64.7 Å². The molecule has 4 aromatic rings. The van der Waals surface area contributed by atoms with Gasteiger partial charge in [0, 0.05) is 36.8 Å². The van der Waals surface area contributed by atoms with Crippen molar-refractivity contribution in [2.24, 2.45) is 0 Å². The van der Waals surface area contributed by atoms with E-state index in [2.05, 4.69) is 67.7 Å². The topological polar surface area (TPSA) is 174 Å². The number of hydrogen-bond acceptors (Lipinski definition) is 14. The molecule has 0 saturated carbocycles. The van der Waals surface area contributed by atoms with Gasteiger partial charge in [0.15, 0.2) is 29.1 Å². The van der Waals surface area contributed by atoms with E-state index in [1.165, 1.54) is 24.0 Å². The van der Waals surface area contributed by atoms with Gasteiger partial charge in [0.2, 0.25) is 7.59 Å². The third-order valence-corrected chi connectivity index (χ3v) is 26.7. The van der Waals surface area contributed by atoms with Gasteiger partial charge in [0.25, 0.3) is 11.8 Å². The summed E-state index contributed by atoms with van der Waals surface area (Å²) in [5.74, 6) is 1.06. The zero-order chi connectivity index (χ0) is 65.3. The highest BCUT2D eigenvalue weighted by Gasteiger charge is 2.57. The number of halogens is 6. The van der Waals surface area contributed by atoms with Gasteiger partial charge in [0.1, 0.15) is 60.5 Å². The summed E-state index contributed by atoms with van der Waals surface area (Å²) in [6.45, 7) is 19.8. The lowest BCUT2D eigenvalue weighted by molar-refractivity contribution is -0.00974. The molecule has 0 aromatic heterocycles. The van der Waals surface area contributed by atoms with Crippen LogP contribution in [0.2, 0.25) is 36.3 Å². The first-order valence-electron chi connectivity index (χ1n) is 29.0. The molecule has 6 atom stereocenters. The number of alkyl halides is 6. The van der Waals surface area contributed by atoms with Crippen LogP contribution in [0.4, 0.5) is 21.0 Å². The van der Waals surface area contributed by atoms with Crippen LogP contribution in [0, 0.1) is 0 Å². The molecule has 2 unspecified atom stereocenters. The average molecular weight is 1380 g/mol. The molecule has 4 aromatic carbocycles. The Kier molecular flexibility index (Phi) is 21.8. The van der Waals surface area contributed by atoms with Crippen LogP contribution >= 0.6 is 69.6 Å². The van der Waals surface area contributed by atoms with E-state index in [4.69, 9.17) is 116 Å². The summed E-state index contributed by atoms with van der Waals surface area (Å²) in [4.78, 5) is 66.1. The fraction of sp³-hybridized carbons (Fsp3) is 0.492. The number of carbonyl (C=O) groups excluding carboxylic acids is 4. The normalized spacial score (nSPS) is 20.6. The average Bonchev–Trinajstić information content (AvgIpc) is 1.80. The summed E-state index contributed by atoms with van der Waals surface area (Å²) < 4.78 is 58.8. The third-order valence-electron chi connectivity index (χ3n) is 17.2. The quantitative estimate of drug-likeness (QED) is 0.0464. The van der Waals surface area contributed by atoms with E-state index >= 15 is 9.59 Å². The molecular formula is C63H78Cl6N4O14Si2. The molecule has 0 fully saturated rings. The zero-order valence-electron chi connectivity index (χ0n) is 52.4. The molecule has 0 bridgehead atoms. The van der Waals surface area contributed by atoms with Crippen molar-refractivity contribution >= 4 is 133 Å². The number of benzene rings is 4. The minimum atomic E-state index is -2.89. The van der Waals surface area contributed by atoms with Crippen molar-refractivity contribution in [2.45, 2.75) is 141 Å².